The van der Waals surface area contributed by atoms with Gasteiger partial charge in [0.15, 0.2) is 11.5 Å². The number of benzene rings is 1. The second kappa shape index (κ2) is 7.16. The zero-order chi connectivity index (χ0) is 19.8. The van der Waals surface area contributed by atoms with E-state index in [1.807, 2.05) is 13.0 Å². The molecule has 3 aromatic rings. The molecule has 8 nitrogen and oxygen atoms in total. The standard InChI is InChI=1S/C18H16ClFN6O2/c1-10-2-5-15-22-23-16(26(15)24-10)8-21-18(28)11-6-17(27)25(9-11)12-3-4-13(19)14(20)7-12/h2-5,7,11H,6,8-9H2,1H3,(H,21,28). The van der Waals surface area contributed by atoms with Gasteiger partial charge < -0.3 is 10.2 Å². The fourth-order valence-electron chi connectivity index (χ4n) is 3.13. The van der Waals surface area contributed by atoms with E-state index in [0.717, 1.165) is 5.69 Å². The smallest absolute Gasteiger partial charge is 0.227 e. The summed E-state index contributed by atoms with van der Waals surface area (Å²) < 4.78 is 15.2. The van der Waals surface area contributed by atoms with Gasteiger partial charge in [-0.3, -0.25) is 9.59 Å². The molecule has 144 valence electrons. The van der Waals surface area contributed by atoms with Crippen LogP contribution in [0.1, 0.15) is 17.9 Å². The molecule has 3 heterocycles. The predicted molar refractivity (Wildman–Crippen MR) is 99.2 cm³/mol. The van der Waals surface area contributed by atoms with Gasteiger partial charge in [-0.15, -0.1) is 10.2 Å². The van der Waals surface area contributed by atoms with Gasteiger partial charge in [0.2, 0.25) is 11.8 Å². The van der Waals surface area contributed by atoms with E-state index in [4.69, 9.17) is 11.6 Å². The van der Waals surface area contributed by atoms with Crippen molar-refractivity contribution in [2.75, 3.05) is 11.4 Å². The van der Waals surface area contributed by atoms with Gasteiger partial charge in [-0.2, -0.15) is 9.61 Å². The third kappa shape index (κ3) is 3.40. The molecular formula is C18H16ClFN6O2. The summed E-state index contributed by atoms with van der Waals surface area (Å²) in [6.07, 6.45) is 0.0496. The van der Waals surface area contributed by atoms with Crippen LogP contribution in [0.5, 0.6) is 0 Å². The molecule has 1 saturated heterocycles. The van der Waals surface area contributed by atoms with E-state index >= 15 is 0 Å². The highest BCUT2D eigenvalue weighted by atomic mass is 35.5. The van der Waals surface area contributed by atoms with Crippen LogP contribution in [-0.2, 0) is 16.1 Å². The molecule has 0 spiro atoms. The normalized spacial score (nSPS) is 16.8. The van der Waals surface area contributed by atoms with E-state index in [-0.39, 0.29) is 36.3 Å². The van der Waals surface area contributed by atoms with Gasteiger partial charge in [0.05, 0.1) is 23.2 Å². The number of rotatable bonds is 4. The van der Waals surface area contributed by atoms with Crippen LogP contribution in [0.3, 0.4) is 0 Å². The Labute approximate surface area is 164 Å². The first-order valence-corrected chi connectivity index (χ1v) is 9.01. The van der Waals surface area contributed by atoms with E-state index in [1.165, 1.54) is 17.0 Å². The van der Waals surface area contributed by atoms with E-state index in [0.29, 0.717) is 17.2 Å². The lowest BCUT2D eigenvalue weighted by atomic mass is 10.1. The van der Waals surface area contributed by atoms with Crippen LogP contribution in [0, 0.1) is 18.7 Å². The van der Waals surface area contributed by atoms with Crippen LogP contribution >= 0.6 is 11.6 Å². The second-order valence-electron chi connectivity index (χ2n) is 6.58. The molecule has 0 radical (unpaired) electrons. The number of hydrogen-bond acceptors (Lipinski definition) is 5. The molecular weight excluding hydrogens is 387 g/mol. The van der Waals surface area contributed by atoms with Crippen molar-refractivity contribution in [1.29, 1.82) is 0 Å². The minimum absolute atomic E-state index is 0.0194. The lowest BCUT2D eigenvalue weighted by Crippen LogP contribution is -2.33. The molecule has 1 unspecified atom stereocenters. The van der Waals surface area contributed by atoms with E-state index in [2.05, 4.69) is 20.6 Å². The quantitative estimate of drug-likeness (QED) is 0.719. The minimum Gasteiger partial charge on any atom is -0.348 e. The lowest BCUT2D eigenvalue weighted by Gasteiger charge is -2.17. The fourth-order valence-corrected chi connectivity index (χ4v) is 3.25. The number of nitrogens with one attached hydrogen (secondary N) is 1. The fraction of sp³-hybridized carbons (Fsp3) is 0.278. The predicted octanol–water partition coefficient (Wildman–Crippen LogP) is 1.89. The summed E-state index contributed by atoms with van der Waals surface area (Å²) in [4.78, 5) is 26.2. The molecule has 0 bridgehead atoms. The van der Waals surface area contributed by atoms with Crippen LogP contribution < -0.4 is 10.2 Å². The Hall–Kier alpha value is -3.07. The summed E-state index contributed by atoms with van der Waals surface area (Å²) in [7, 11) is 0. The third-order valence-electron chi connectivity index (χ3n) is 4.59. The summed E-state index contributed by atoms with van der Waals surface area (Å²) in [6, 6.07) is 7.75. The van der Waals surface area contributed by atoms with Crippen LogP contribution in [-0.4, -0.2) is 38.2 Å². The zero-order valence-corrected chi connectivity index (χ0v) is 15.6. The number of aryl methyl sites for hydroxylation is 1. The number of aromatic nitrogens is 4. The van der Waals surface area contributed by atoms with Crippen molar-refractivity contribution in [3.05, 3.63) is 52.7 Å². The summed E-state index contributed by atoms with van der Waals surface area (Å²) in [6.45, 7) is 2.15. The molecule has 28 heavy (non-hydrogen) atoms. The number of nitrogens with zero attached hydrogens (tertiary/aromatic N) is 5. The summed E-state index contributed by atoms with van der Waals surface area (Å²) in [5.74, 6) is -1.18. The van der Waals surface area contributed by atoms with Gasteiger partial charge >= 0.3 is 0 Å². The molecule has 1 aromatic carbocycles. The Balaban J connectivity index is 1.43. The third-order valence-corrected chi connectivity index (χ3v) is 4.90. The SMILES string of the molecule is Cc1ccc2nnc(CNC(=O)C3CC(=O)N(c4ccc(Cl)c(F)c4)C3)n2n1. The monoisotopic (exact) mass is 402 g/mol. The molecule has 1 N–H and O–H groups in total. The number of carbonyl (C=O) groups excluding carboxylic acids is 2. The van der Waals surface area contributed by atoms with Gasteiger partial charge in [0.25, 0.3) is 0 Å². The number of hydrogen-bond donors (Lipinski definition) is 1. The highest BCUT2D eigenvalue weighted by Crippen LogP contribution is 2.28. The maximum Gasteiger partial charge on any atom is 0.227 e. The Bertz CT molecular complexity index is 1090. The van der Waals surface area contributed by atoms with Gasteiger partial charge in [-0.1, -0.05) is 11.6 Å². The second-order valence-corrected chi connectivity index (χ2v) is 6.99. The maximum atomic E-state index is 13.7. The summed E-state index contributed by atoms with van der Waals surface area (Å²) in [5.41, 5.74) is 1.76. The zero-order valence-electron chi connectivity index (χ0n) is 14.9. The van der Waals surface area contributed by atoms with Crippen LogP contribution in [0.4, 0.5) is 10.1 Å². The largest absolute Gasteiger partial charge is 0.348 e. The van der Waals surface area contributed by atoms with Crippen molar-refractivity contribution in [2.45, 2.75) is 19.9 Å². The number of amides is 2. The highest BCUT2D eigenvalue weighted by Gasteiger charge is 2.35. The van der Waals surface area contributed by atoms with Crippen molar-refractivity contribution in [3.63, 3.8) is 0 Å². The average Bonchev–Trinajstić information content (AvgIpc) is 3.25. The Kier molecular flexibility index (Phi) is 4.68. The Morgan fingerprint density at radius 2 is 2.14 bits per heavy atom. The van der Waals surface area contributed by atoms with Crippen molar-refractivity contribution < 1.29 is 14.0 Å². The number of fused-ring (bicyclic) bond motifs is 1. The number of halogens is 2. The lowest BCUT2D eigenvalue weighted by molar-refractivity contribution is -0.126. The number of anilines is 1. The minimum atomic E-state index is -0.610. The van der Waals surface area contributed by atoms with Crippen LogP contribution in [0.25, 0.3) is 5.65 Å². The highest BCUT2D eigenvalue weighted by molar-refractivity contribution is 6.30. The molecule has 10 heteroatoms. The summed E-state index contributed by atoms with van der Waals surface area (Å²) >= 11 is 5.68. The average molecular weight is 403 g/mol. The molecule has 2 amide bonds. The van der Waals surface area contributed by atoms with Crippen molar-refractivity contribution in [2.24, 2.45) is 5.92 Å². The Morgan fingerprint density at radius 1 is 1.32 bits per heavy atom. The molecule has 1 aliphatic rings. The summed E-state index contributed by atoms with van der Waals surface area (Å²) in [5, 5.41) is 15.1. The van der Waals surface area contributed by atoms with Crippen molar-refractivity contribution in [3.8, 4) is 0 Å². The maximum absolute atomic E-state index is 13.7. The molecule has 2 aromatic heterocycles. The van der Waals surface area contributed by atoms with Crippen molar-refractivity contribution in [1.82, 2.24) is 25.1 Å². The molecule has 1 fully saturated rings. The molecule has 1 atom stereocenters. The molecule has 1 aliphatic heterocycles. The van der Waals surface area contributed by atoms with Gasteiger partial charge in [-0.05, 0) is 37.3 Å². The van der Waals surface area contributed by atoms with Gasteiger partial charge in [0, 0.05) is 18.7 Å². The first kappa shape index (κ1) is 18.3. The molecule has 0 saturated carbocycles. The molecule has 4 rings (SSSR count). The Morgan fingerprint density at radius 3 is 2.93 bits per heavy atom. The first-order chi connectivity index (χ1) is 13.4. The van der Waals surface area contributed by atoms with Crippen molar-refractivity contribution >= 4 is 34.7 Å². The topological polar surface area (TPSA) is 92.5 Å². The van der Waals surface area contributed by atoms with E-state index in [1.54, 1.807) is 16.6 Å². The molecule has 0 aliphatic carbocycles. The van der Waals surface area contributed by atoms with Gasteiger partial charge in [-0.25, -0.2) is 4.39 Å². The number of carbonyl (C=O) groups is 2. The van der Waals surface area contributed by atoms with Gasteiger partial charge in [0.1, 0.15) is 5.82 Å². The van der Waals surface area contributed by atoms with E-state index < -0.39 is 11.7 Å². The first-order valence-electron chi connectivity index (χ1n) is 8.63. The van der Waals surface area contributed by atoms with Crippen LogP contribution in [0.15, 0.2) is 30.3 Å². The van der Waals surface area contributed by atoms with E-state index in [9.17, 15) is 14.0 Å². The van der Waals surface area contributed by atoms with Crippen LogP contribution in [0.2, 0.25) is 5.02 Å².